The van der Waals surface area contributed by atoms with Crippen LogP contribution in [0.15, 0.2) is 42.5 Å². The van der Waals surface area contributed by atoms with E-state index in [2.05, 4.69) is 5.32 Å². The Bertz CT molecular complexity index is 1120. The molecule has 0 aromatic heterocycles. The molecule has 0 aliphatic carbocycles. The number of hydrogen-bond donors (Lipinski definition) is 1. The van der Waals surface area contributed by atoms with Gasteiger partial charge >= 0.3 is 0 Å². The molecule has 11 heteroatoms. The normalized spacial score (nSPS) is 13.1. The van der Waals surface area contributed by atoms with Gasteiger partial charge in [-0.05, 0) is 50.1 Å². The van der Waals surface area contributed by atoms with E-state index >= 15 is 0 Å². The molecule has 2 rings (SSSR count). The van der Waals surface area contributed by atoms with E-state index in [1.54, 1.807) is 31.2 Å². The Kier molecular flexibility index (Phi) is 10.1. The van der Waals surface area contributed by atoms with Crippen molar-refractivity contribution < 1.29 is 18.0 Å². The Morgan fingerprint density at radius 3 is 2.15 bits per heavy atom. The molecule has 2 aromatic carbocycles. The summed E-state index contributed by atoms with van der Waals surface area (Å²) < 4.78 is 26.1. The fourth-order valence-corrected chi connectivity index (χ4v) is 4.70. The molecule has 186 valence electrons. The van der Waals surface area contributed by atoms with E-state index in [9.17, 15) is 18.0 Å². The van der Waals surface area contributed by atoms with Crippen LogP contribution < -0.4 is 9.62 Å². The number of nitrogens with one attached hydrogen (secondary N) is 1. The summed E-state index contributed by atoms with van der Waals surface area (Å²) in [6, 6.07) is 10.2. The summed E-state index contributed by atoms with van der Waals surface area (Å²) in [7, 11) is -3.89. The molecule has 0 spiro atoms. The third-order valence-electron chi connectivity index (χ3n) is 5.28. The highest BCUT2D eigenvalue weighted by atomic mass is 35.5. The van der Waals surface area contributed by atoms with Crippen molar-refractivity contribution in [1.29, 1.82) is 0 Å². The lowest BCUT2D eigenvalue weighted by atomic mass is 10.1. The van der Waals surface area contributed by atoms with Crippen LogP contribution in [0.5, 0.6) is 0 Å². The molecule has 2 atom stereocenters. The topological polar surface area (TPSA) is 86.8 Å². The van der Waals surface area contributed by atoms with Crippen LogP contribution in [0.1, 0.15) is 32.8 Å². The Hall–Kier alpha value is -2.00. The van der Waals surface area contributed by atoms with Gasteiger partial charge in [-0.1, -0.05) is 59.9 Å². The van der Waals surface area contributed by atoms with E-state index in [4.69, 9.17) is 34.8 Å². The Balaban J connectivity index is 2.43. The molecule has 0 heterocycles. The summed E-state index contributed by atoms with van der Waals surface area (Å²) >= 11 is 18.4. The third kappa shape index (κ3) is 7.77. The van der Waals surface area contributed by atoms with Gasteiger partial charge < -0.3 is 10.2 Å². The zero-order chi connectivity index (χ0) is 25.6. The summed E-state index contributed by atoms with van der Waals surface area (Å²) in [5.41, 5.74) is 0.764. The number of rotatable bonds is 10. The number of sulfonamides is 1. The molecule has 0 saturated heterocycles. The van der Waals surface area contributed by atoms with Gasteiger partial charge in [-0.2, -0.15) is 0 Å². The van der Waals surface area contributed by atoms with Gasteiger partial charge in [0.25, 0.3) is 0 Å². The van der Waals surface area contributed by atoms with Gasteiger partial charge in [0.2, 0.25) is 21.8 Å². The third-order valence-corrected chi connectivity index (χ3v) is 7.23. The Morgan fingerprint density at radius 1 is 1.03 bits per heavy atom. The first kappa shape index (κ1) is 28.2. The first-order valence-corrected chi connectivity index (χ1v) is 13.6. The molecular formula is C23H28Cl3N3O4S. The molecule has 0 bridgehead atoms. The number of halogens is 3. The molecule has 34 heavy (non-hydrogen) atoms. The molecule has 7 nitrogen and oxygen atoms in total. The minimum Gasteiger partial charge on any atom is -0.352 e. The fraction of sp³-hybridized carbons (Fsp3) is 0.391. The molecule has 0 fully saturated rings. The van der Waals surface area contributed by atoms with E-state index in [1.807, 2.05) is 13.8 Å². The van der Waals surface area contributed by atoms with Gasteiger partial charge in [0, 0.05) is 27.7 Å². The lowest BCUT2D eigenvalue weighted by Gasteiger charge is -2.32. The standard InChI is InChI=1S/C23H28Cl3N3O4S/c1-5-15(2)27-23(31)16(3)28(13-17-8-6-7-9-21(17)26)22(30)14-29(34(4,32)33)20-11-18(24)10-19(25)12-20/h6-12,15-16H,5,13-14H2,1-4H3,(H,27,31). The van der Waals surface area contributed by atoms with E-state index < -0.39 is 28.5 Å². The average Bonchev–Trinajstić information content (AvgIpc) is 2.74. The molecule has 2 aromatic rings. The van der Waals surface area contributed by atoms with Crippen molar-refractivity contribution >= 4 is 62.3 Å². The van der Waals surface area contributed by atoms with E-state index in [0.717, 1.165) is 10.6 Å². The molecule has 0 saturated carbocycles. The predicted molar refractivity (Wildman–Crippen MR) is 138 cm³/mol. The monoisotopic (exact) mass is 547 g/mol. The van der Waals surface area contributed by atoms with Crippen LogP contribution in [0, 0.1) is 0 Å². The molecule has 2 amide bonds. The van der Waals surface area contributed by atoms with Gasteiger partial charge in [-0.15, -0.1) is 0 Å². The number of benzene rings is 2. The van der Waals surface area contributed by atoms with Gasteiger partial charge in [0.1, 0.15) is 12.6 Å². The van der Waals surface area contributed by atoms with Gasteiger partial charge in [0.15, 0.2) is 0 Å². The van der Waals surface area contributed by atoms with Crippen molar-refractivity contribution in [3.05, 3.63) is 63.1 Å². The minimum atomic E-state index is -3.89. The second-order valence-electron chi connectivity index (χ2n) is 8.00. The fourth-order valence-electron chi connectivity index (χ4n) is 3.16. The second-order valence-corrected chi connectivity index (χ2v) is 11.2. The van der Waals surface area contributed by atoms with Gasteiger partial charge in [-0.25, -0.2) is 8.42 Å². The Morgan fingerprint density at radius 2 is 1.62 bits per heavy atom. The molecule has 1 N–H and O–H groups in total. The maximum absolute atomic E-state index is 13.5. The number of carbonyl (C=O) groups excluding carboxylic acids is 2. The number of carbonyl (C=O) groups is 2. The van der Waals surface area contributed by atoms with Crippen LogP contribution in [0.3, 0.4) is 0 Å². The molecule has 0 radical (unpaired) electrons. The quantitative estimate of drug-likeness (QED) is 0.464. The number of hydrogen-bond acceptors (Lipinski definition) is 4. The van der Waals surface area contributed by atoms with Crippen molar-refractivity contribution in [3.63, 3.8) is 0 Å². The van der Waals surface area contributed by atoms with Crippen LogP contribution in [0.4, 0.5) is 5.69 Å². The number of amides is 2. The zero-order valence-corrected chi connectivity index (χ0v) is 22.5. The summed E-state index contributed by atoms with van der Waals surface area (Å²) in [6.07, 6.45) is 1.70. The Labute approximate surface area is 216 Å². The van der Waals surface area contributed by atoms with Crippen LogP contribution in [-0.2, 0) is 26.2 Å². The first-order valence-electron chi connectivity index (χ1n) is 10.6. The van der Waals surface area contributed by atoms with E-state index in [0.29, 0.717) is 17.0 Å². The second kappa shape index (κ2) is 12.1. The molecule has 2 unspecified atom stereocenters. The van der Waals surface area contributed by atoms with Crippen LogP contribution in [0.25, 0.3) is 0 Å². The largest absolute Gasteiger partial charge is 0.352 e. The summed E-state index contributed by atoms with van der Waals surface area (Å²) in [5.74, 6) is -0.945. The van der Waals surface area contributed by atoms with Crippen molar-refractivity contribution in [3.8, 4) is 0 Å². The maximum Gasteiger partial charge on any atom is 0.244 e. The highest BCUT2D eigenvalue weighted by Gasteiger charge is 2.31. The highest BCUT2D eigenvalue weighted by Crippen LogP contribution is 2.27. The highest BCUT2D eigenvalue weighted by molar-refractivity contribution is 7.92. The van der Waals surface area contributed by atoms with E-state index in [1.165, 1.54) is 23.1 Å². The lowest BCUT2D eigenvalue weighted by molar-refractivity contribution is -0.139. The van der Waals surface area contributed by atoms with Gasteiger partial charge in [0.05, 0.1) is 11.9 Å². The molecular weight excluding hydrogens is 521 g/mol. The summed E-state index contributed by atoms with van der Waals surface area (Å²) in [4.78, 5) is 27.7. The molecule has 0 aliphatic heterocycles. The lowest BCUT2D eigenvalue weighted by Crippen LogP contribution is -2.52. The van der Waals surface area contributed by atoms with Crippen LogP contribution in [-0.4, -0.2) is 50.0 Å². The van der Waals surface area contributed by atoms with Crippen LogP contribution >= 0.6 is 34.8 Å². The van der Waals surface area contributed by atoms with Crippen molar-refractivity contribution in [2.75, 3.05) is 17.1 Å². The average molecular weight is 549 g/mol. The minimum absolute atomic E-state index is 0.0154. The van der Waals surface area contributed by atoms with Crippen molar-refractivity contribution in [2.45, 2.75) is 45.8 Å². The first-order chi connectivity index (χ1) is 15.8. The van der Waals surface area contributed by atoms with Crippen molar-refractivity contribution in [2.24, 2.45) is 0 Å². The smallest absolute Gasteiger partial charge is 0.244 e. The van der Waals surface area contributed by atoms with Crippen molar-refractivity contribution in [1.82, 2.24) is 10.2 Å². The number of anilines is 1. The predicted octanol–water partition coefficient (Wildman–Crippen LogP) is 4.74. The summed E-state index contributed by atoms with van der Waals surface area (Å²) in [6.45, 7) is 4.84. The van der Waals surface area contributed by atoms with E-state index in [-0.39, 0.29) is 34.2 Å². The SMILES string of the molecule is CCC(C)NC(=O)C(C)N(Cc1ccccc1Cl)C(=O)CN(c1cc(Cl)cc(Cl)c1)S(C)(=O)=O. The van der Waals surface area contributed by atoms with Crippen LogP contribution in [0.2, 0.25) is 15.1 Å². The maximum atomic E-state index is 13.5. The van der Waals surface area contributed by atoms with Gasteiger partial charge in [-0.3, -0.25) is 13.9 Å². The number of nitrogens with zero attached hydrogens (tertiary/aromatic N) is 2. The molecule has 0 aliphatic rings. The summed E-state index contributed by atoms with van der Waals surface area (Å²) in [5, 5.41) is 3.73. The zero-order valence-electron chi connectivity index (χ0n) is 19.4.